The van der Waals surface area contributed by atoms with Gasteiger partial charge in [0, 0.05) is 24.6 Å². The van der Waals surface area contributed by atoms with Crippen LogP contribution < -0.4 is 5.32 Å². The van der Waals surface area contributed by atoms with E-state index in [0.717, 1.165) is 29.4 Å². The molecule has 0 saturated carbocycles. The smallest absolute Gasteiger partial charge is 0.317 e. The summed E-state index contributed by atoms with van der Waals surface area (Å²) in [6.07, 6.45) is 2.14. The molecule has 0 saturated heterocycles. The first-order chi connectivity index (χ1) is 8.15. The lowest BCUT2D eigenvalue weighted by Gasteiger charge is -2.17. The quantitative estimate of drug-likeness (QED) is 0.888. The maximum atomic E-state index is 11.7. The van der Waals surface area contributed by atoms with E-state index < -0.39 is 0 Å². The molecule has 0 aliphatic rings. The number of amides is 2. The maximum absolute atomic E-state index is 11.7. The predicted molar refractivity (Wildman–Crippen MR) is 73.9 cm³/mol. The minimum atomic E-state index is -0.0193. The monoisotopic (exact) mass is 298 g/mol. The number of unbranched alkanes of at least 4 members (excludes halogenated alkanes) is 1. The second kappa shape index (κ2) is 7.33. The van der Waals surface area contributed by atoms with Crippen molar-refractivity contribution in [3.8, 4) is 0 Å². The molecule has 0 unspecified atom stereocenters. The number of rotatable bonds is 5. The molecule has 4 heteroatoms. The van der Waals surface area contributed by atoms with Crippen LogP contribution in [0.3, 0.4) is 0 Å². The molecule has 0 bridgehead atoms. The summed E-state index contributed by atoms with van der Waals surface area (Å²) in [7, 11) is 1.82. The van der Waals surface area contributed by atoms with Crippen molar-refractivity contribution in [3.63, 3.8) is 0 Å². The summed E-state index contributed by atoms with van der Waals surface area (Å²) in [6.45, 7) is 3.47. The Morgan fingerprint density at radius 3 is 2.76 bits per heavy atom. The first-order valence-corrected chi connectivity index (χ1v) is 6.66. The maximum Gasteiger partial charge on any atom is 0.317 e. The van der Waals surface area contributed by atoms with E-state index in [1.165, 1.54) is 0 Å². The molecule has 2 amide bonds. The summed E-state index contributed by atoms with van der Waals surface area (Å²) in [4.78, 5) is 13.5. The molecule has 0 heterocycles. The van der Waals surface area contributed by atoms with Crippen LogP contribution in [0, 0.1) is 0 Å². The molecule has 1 N–H and O–H groups in total. The Kier molecular flexibility index (Phi) is 6.05. The summed E-state index contributed by atoms with van der Waals surface area (Å²) in [5.41, 5.74) is 1.09. The Bertz CT molecular complexity index is 368. The van der Waals surface area contributed by atoms with Gasteiger partial charge in [-0.1, -0.05) is 47.5 Å². The highest BCUT2D eigenvalue weighted by Crippen LogP contribution is 2.15. The van der Waals surface area contributed by atoms with Gasteiger partial charge < -0.3 is 10.2 Å². The lowest BCUT2D eigenvalue weighted by molar-refractivity contribution is 0.207. The predicted octanol–water partition coefficient (Wildman–Crippen LogP) is 3.39. The van der Waals surface area contributed by atoms with Crippen molar-refractivity contribution in [1.82, 2.24) is 10.2 Å². The Balaban J connectivity index is 2.40. The molecule has 0 fully saturated rings. The summed E-state index contributed by atoms with van der Waals surface area (Å²) in [6, 6.07) is 7.88. The molecule has 0 spiro atoms. The number of hydrogen-bond donors (Lipinski definition) is 1. The number of carbonyl (C=O) groups excluding carboxylic acids is 1. The number of carbonyl (C=O) groups is 1. The first-order valence-electron chi connectivity index (χ1n) is 5.87. The lowest BCUT2D eigenvalue weighted by Crippen LogP contribution is -2.37. The van der Waals surface area contributed by atoms with Gasteiger partial charge in [-0.15, -0.1) is 0 Å². The molecular weight excluding hydrogens is 280 g/mol. The van der Waals surface area contributed by atoms with Crippen molar-refractivity contribution in [2.24, 2.45) is 0 Å². The van der Waals surface area contributed by atoms with E-state index in [0.29, 0.717) is 6.54 Å². The van der Waals surface area contributed by atoms with E-state index in [1.807, 2.05) is 31.3 Å². The van der Waals surface area contributed by atoms with Crippen molar-refractivity contribution < 1.29 is 4.79 Å². The van der Waals surface area contributed by atoms with Crippen LogP contribution in [0.1, 0.15) is 25.3 Å². The fraction of sp³-hybridized carbons (Fsp3) is 0.462. The van der Waals surface area contributed by atoms with Crippen molar-refractivity contribution in [2.45, 2.75) is 26.3 Å². The van der Waals surface area contributed by atoms with E-state index in [9.17, 15) is 4.79 Å². The van der Waals surface area contributed by atoms with Crippen LogP contribution >= 0.6 is 15.9 Å². The van der Waals surface area contributed by atoms with Gasteiger partial charge in [-0.05, 0) is 18.1 Å². The molecule has 0 aliphatic carbocycles. The molecule has 0 radical (unpaired) electrons. The molecule has 0 aromatic heterocycles. The molecule has 94 valence electrons. The highest BCUT2D eigenvalue weighted by Gasteiger charge is 2.07. The van der Waals surface area contributed by atoms with Crippen molar-refractivity contribution >= 4 is 22.0 Å². The Morgan fingerprint density at radius 1 is 1.41 bits per heavy atom. The minimum absolute atomic E-state index is 0.0193. The van der Waals surface area contributed by atoms with Crippen LogP contribution in [-0.4, -0.2) is 24.5 Å². The van der Waals surface area contributed by atoms with Crippen molar-refractivity contribution in [3.05, 3.63) is 34.3 Å². The van der Waals surface area contributed by atoms with Gasteiger partial charge in [0.2, 0.25) is 0 Å². The van der Waals surface area contributed by atoms with Gasteiger partial charge >= 0.3 is 6.03 Å². The molecular formula is C13H19BrN2O. The number of hydrogen-bond acceptors (Lipinski definition) is 1. The Hall–Kier alpha value is -1.03. The number of urea groups is 1. The number of benzene rings is 1. The van der Waals surface area contributed by atoms with E-state index in [1.54, 1.807) is 4.90 Å². The van der Waals surface area contributed by atoms with Crippen LogP contribution in [-0.2, 0) is 6.54 Å². The van der Waals surface area contributed by atoms with Gasteiger partial charge in [-0.2, -0.15) is 0 Å². The fourth-order valence-electron chi connectivity index (χ4n) is 1.44. The summed E-state index contributed by atoms with van der Waals surface area (Å²) in [5.74, 6) is 0. The summed E-state index contributed by atoms with van der Waals surface area (Å²) < 4.78 is 1.02. The highest BCUT2D eigenvalue weighted by molar-refractivity contribution is 9.10. The molecule has 0 atom stereocenters. The average molecular weight is 299 g/mol. The zero-order valence-corrected chi connectivity index (χ0v) is 12.0. The van der Waals surface area contributed by atoms with Crippen LogP contribution in [0.5, 0.6) is 0 Å². The second-order valence-corrected chi connectivity index (χ2v) is 4.88. The summed E-state index contributed by atoms with van der Waals surface area (Å²) in [5, 5.41) is 2.91. The van der Waals surface area contributed by atoms with E-state index in [-0.39, 0.29) is 6.03 Å². The number of nitrogens with zero attached hydrogens (tertiary/aromatic N) is 1. The van der Waals surface area contributed by atoms with Gasteiger partial charge in [0.25, 0.3) is 0 Å². The van der Waals surface area contributed by atoms with Crippen molar-refractivity contribution in [2.75, 3.05) is 13.6 Å². The summed E-state index contributed by atoms with van der Waals surface area (Å²) >= 11 is 3.46. The highest BCUT2D eigenvalue weighted by atomic mass is 79.9. The van der Waals surface area contributed by atoms with Gasteiger partial charge in [-0.3, -0.25) is 0 Å². The third kappa shape index (κ3) is 4.77. The van der Waals surface area contributed by atoms with Crippen LogP contribution in [0.2, 0.25) is 0 Å². The Morgan fingerprint density at radius 2 is 2.12 bits per heavy atom. The average Bonchev–Trinajstić information content (AvgIpc) is 2.34. The molecule has 1 aromatic rings. The van der Waals surface area contributed by atoms with Gasteiger partial charge in [-0.25, -0.2) is 4.79 Å². The standard InChI is InChI=1S/C13H19BrN2O/c1-3-4-9-16(2)13(17)15-10-11-7-5-6-8-12(11)14/h5-8H,3-4,9-10H2,1-2H3,(H,15,17). The van der Waals surface area contributed by atoms with E-state index >= 15 is 0 Å². The Labute approximate surface area is 111 Å². The van der Waals surface area contributed by atoms with Crippen molar-refractivity contribution in [1.29, 1.82) is 0 Å². The molecule has 1 rings (SSSR count). The minimum Gasteiger partial charge on any atom is -0.334 e. The van der Waals surface area contributed by atoms with Crippen LogP contribution in [0.25, 0.3) is 0 Å². The lowest BCUT2D eigenvalue weighted by atomic mass is 10.2. The molecule has 17 heavy (non-hydrogen) atoms. The molecule has 0 aliphatic heterocycles. The largest absolute Gasteiger partial charge is 0.334 e. The zero-order chi connectivity index (χ0) is 12.7. The molecule has 3 nitrogen and oxygen atoms in total. The first kappa shape index (κ1) is 14.0. The topological polar surface area (TPSA) is 32.3 Å². The van der Waals surface area contributed by atoms with E-state index in [4.69, 9.17) is 0 Å². The molecule has 1 aromatic carbocycles. The number of nitrogens with one attached hydrogen (secondary N) is 1. The number of halogens is 1. The van der Waals surface area contributed by atoms with Crippen LogP contribution in [0.4, 0.5) is 4.79 Å². The van der Waals surface area contributed by atoms with E-state index in [2.05, 4.69) is 28.2 Å². The van der Waals surface area contributed by atoms with Crippen LogP contribution in [0.15, 0.2) is 28.7 Å². The van der Waals surface area contributed by atoms with Gasteiger partial charge in [0.15, 0.2) is 0 Å². The third-order valence-corrected chi connectivity index (χ3v) is 3.36. The third-order valence-electron chi connectivity index (χ3n) is 2.58. The zero-order valence-electron chi connectivity index (χ0n) is 10.4. The SMILES string of the molecule is CCCCN(C)C(=O)NCc1ccccc1Br. The van der Waals surface area contributed by atoms with Gasteiger partial charge in [0.1, 0.15) is 0 Å². The van der Waals surface area contributed by atoms with Gasteiger partial charge in [0.05, 0.1) is 0 Å². The normalized spacial score (nSPS) is 10.1. The second-order valence-electron chi connectivity index (χ2n) is 4.03. The fourth-order valence-corrected chi connectivity index (χ4v) is 1.87.